The fraction of sp³-hybridized carbons (Fsp3) is 0.333. The Kier molecular flexibility index (Phi) is 10.4. The van der Waals surface area contributed by atoms with Gasteiger partial charge in [0, 0.05) is 28.0 Å². The lowest BCUT2D eigenvalue weighted by Gasteiger charge is -2.34. The van der Waals surface area contributed by atoms with E-state index in [2.05, 4.69) is 37.2 Å². The lowest BCUT2D eigenvalue weighted by molar-refractivity contribution is -0.140. The second-order valence-corrected chi connectivity index (χ2v) is 13.7. The van der Waals surface area contributed by atoms with Crippen LogP contribution < -0.4 is 9.62 Å². The fourth-order valence-electron chi connectivity index (χ4n) is 5.00. The largest absolute Gasteiger partial charge is 0.352 e. The lowest BCUT2D eigenvalue weighted by atomic mass is 10.0. The molecule has 1 N–H and O–H groups in total. The van der Waals surface area contributed by atoms with E-state index in [1.807, 2.05) is 54.6 Å². The summed E-state index contributed by atoms with van der Waals surface area (Å²) in [5.41, 5.74) is 2.09. The molecular formula is C30H33Br2N3O4S. The molecule has 0 spiro atoms. The quantitative estimate of drug-likeness (QED) is 0.281. The maximum atomic E-state index is 14.2. The molecule has 1 aliphatic carbocycles. The summed E-state index contributed by atoms with van der Waals surface area (Å²) in [6.07, 6.45) is 5.31. The molecule has 0 aromatic heterocycles. The second kappa shape index (κ2) is 13.8. The molecule has 1 atom stereocenters. The molecule has 0 bridgehead atoms. The molecule has 4 rings (SSSR count). The van der Waals surface area contributed by atoms with E-state index in [0.717, 1.165) is 51.8 Å². The van der Waals surface area contributed by atoms with Crippen LogP contribution in [-0.4, -0.2) is 50.0 Å². The van der Waals surface area contributed by atoms with Crippen molar-refractivity contribution in [3.63, 3.8) is 0 Å². The van der Waals surface area contributed by atoms with Gasteiger partial charge in [0.05, 0.1) is 11.9 Å². The first-order valence-corrected chi connectivity index (χ1v) is 16.7. The van der Waals surface area contributed by atoms with Gasteiger partial charge in [-0.05, 0) is 64.2 Å². The van der Waals surface area contributed by atoms with Crippen LogP contribution in [0, 0.1) is 0 Å². The summed E-state index contributed by atoms with van der Waals surface area (Å²) in [6.45, 7) is -0.307. The molecule has 1 saturated carbocycles. The Morgan fingerprint density at radius 2 is 1.57 bits per heavy atom. The zero-order valence-electron chi connectivity index (χ0n) is 22.3. The van der Waals surface area contributed by atoms with Crippen molar-refractivity contribution in [3.05, 3.63) is 98.9 Å². The van der Waals surface area contributed by atoms with Crippen molar-refractivity contribution >= 4 is 59.4 Å². The number of hydrogen-bond donors (Lipinski definition) is 1. The van der Waals surface area contributed by atoms with Gasteiger partial charge >= 0.3 is 0 Å². The summed E-state index contributed by atoms with van der Waals surface area (Å²) < 4.78 is 28.3. The first-order valence-electron chi connectivity index (χ1n) is 13.2. The van der Waals surface area contributed by atoms with Gasteiger partial charge in [0.2, 0.25) is 21.8 Å². The highest BCUT2D eigenvalue weighted by molar-refractivity contribution is 9.10. The number of halogens is 2. The third-order valence-corrected chi connectivity index (χ3v) is 9.31. The van der Waals surface area contributed by atoms with Crippen molar-refractivity contribution < 1.29 is 18.0 Å². The molecule has 7 nitrogen and oxygen atoms in total. The van der Waals surface area contributed by atoms with Crippen LogP contribution in [0.2, 0.25) is 0 Å². The van der Waals surface area contributed by atoms with E-state index in [1.165, 1.54) is 4.90 Å². The van der Waals surface area contributed by atoms with Gasteiger partial charge in [0.25, 0.3) is 0 Å². The smallest absolute Gasteiger partial charge is 0.244 e. The Hall–Kier alpha value is -2.69. The molecule has 2 amide bonds. The zero-order chi connectivity index (χ0) is 28.7. The van der Waals surface area contributed by atoms with Crippen molar-refractivity contribution in [1.29, 1.82) is 0 Å². The zero-order valence-corrected chi connectivity index (χ0v) is 26.3. The molecule has 3 aromatic rings. The van der Waals surface area contributed by atoms with Crippen LogP contribution in [0.25, 0.3) is 0 Å². The van der Waals surface area contributed by atoms with Gasteiger partial charge in [-0.1, -0.05) is 83.4 Å². The summed E-state index contributed by atoms with van der Waals surface area (Å²) >= 11 is 6.92. The third kappa shape index (κ3) is 8.17. The lowest BCUT2D eigenvalue weighted by Crippen LogP contribution is -2.54. The van der Waals surface area contributed by atoms with Gasteiger partial charge in [-0.3, -0.25) is 13.9 Å². The van der Waals surface area contributed by atoms with Gasteiger partial charge in [-0.2, -0.15) is 0 Å². The average molecular weight is 691 g/mol. The standard InChI is InChI=1S/C30H33Br2N3O4S/c1-40(38,39)35(27-17-8-7-16-26(27)32)21-29(36)34(20-23-12-9-13-24(31)18-23)28(19-22-10-3-2-4-11-22)30(37)33-25-14-5-6-15-25/h2-4,7-13,16-18,25,28H,5-6,14-15,19-21H2,1H3,(H,33,37). The molecule has 0 heterocycles. The Bertz CT molecular complexity index is 1430. The van der Waals surface area contributed by atoms with E-state index >= 15 is 0 Å². The summed E-state index contributed by atoms with van der Waals surface area (Å²) in [6, 6.07) is 23.2. The number of carbonyl (C=O) groups is 2. The number of para-hydroxylation sites is 1. The van der Waals surface area contributed by atoms with E-state index in [1.54, 1.807) is 24.3 Å². The SMILES string of the molecule is CS(=O)(=O)N(CC(=O)N(Cc1cccc(Br)c1)C(Cc1ccccc1)C(=O)NC1CCCC1)c1ccccc1Br. The van der Waals surface area contributed by atoms with Crippen LogP contribution in [0.15, 0.2) is 87.8 Å². The summed E-state index contributed by atoms with van der Waals surface area (Å²) in [5, 5.41) is 3.17. The predicted molar refractivity (Wildman–Crippen MR) is 165 cm³/mol. The van der Waals surface area contributed by atoms with Gasteiger partial charge in [-0.15, -0.1) is 0 Å². The van der Waals surface area contributed by atoms with Gasteiger partial charge in [-0.25, -0.2) is 8.42 Å². The highest BCUT2D eigenvalue weighted by atomic mass is 79.9. The maximum absolute atomic E-state index is 14.2. The Labute approximate surface area is 253 Å². The fourth-order valence-corrected chi connectivity index (χ4v) is 6.93. The molecule has 40 heavy (non-hydrogen) atoms. The summed E-state index contributed by atoms with van der Waals surface area (Å²) in [5.74, 6) is -0.699. The first-order chi connectivity index (χ1) is 19.1. The van der Waals surface area contributed by atoms with Gasteiger partial charge in [0.1, 0.15) is 12.6 Å². The number of hydrogen-bond acceptors (Lipinski definition) is 4. The molecule has 1 unspecified atom stereocenters. The van der Waals surface area contributed by atoms with E-state index in [4.69, 9.17) is 0 Å². The molecule has 1 aliphatic rings. The number of benzene rings is 3. The Morgan fingerprint density at radius 3 is 2.23 bits per heavy atom. The number of anilines is 1. The molecule has 212 valence electrons. The van der Waals surface area contributed by atoms with Crippen LogP contribution in [-0.2, 0) is 32.6 Å². The monoisotopic (exact) mass is 689 g/mol. The minimum Gasteiger partial charge on any atom is -0.352 e. The van der Waals surface area contributed by atoms with Crippen molar-refractivity contribution in [2.75, 3.05) is 17.1 Å². The van der Waals surface area contributed by atoms with Crippen LogP contribution in [0.3, 0.4) is 0 Å². The average Bonchev–Trinajstić information content (AvgIpc) is 3.43. The van der Waals surface area contributed by atoms with E-state index in [0.29, 0.717) is 16.6 Å². The predicted octanol–water partition coefficient (Wildman–Crippen LogP) is 5.68. The van der Waals surface area contributed by atoms with Gasteiger partial charge in [0.15, 0.2) is 0 Å². The number of carbonyl (C=O) groups excluding carboxylic acids is 2. The highest BCUT2D eigenvalue weighted by Gasteiger charge is 2.34. The van der Waals surface area contributed by atoms with E-state index in [-0.39, 0.29) is 18.5 Å². The van der Waals surface area contributed by atoms with Crippen LogP contribution in [0.1, 0.15) is 36.8 Å². The molecule has 0 aliphatic heterocycles. The first kappa shape index (κ1) is 30.3. The summed E-state index contributed by atoms with van der Waals surface area (Å²) in [4.78, 5) is 29.5. The minimum absolute atomic E-state index is 0.0707. The van der Waals surface area contributed by atoms with Crippen molar-refractivity contribution in [3.8, 4) is 0 Å². The van der Waals surface area contributed by atoms with Crippen molar-refractivity contribution in [2.24, 2.45) is 0 Å². The van der Waals surface area contributed by atoms with E-state index < -0.39 is 28.5 Å². The number of sulfonamides is 1. The topological polar surface area (TPSA) is 86.8 Å². The third-order valence-electron chi connectivity index (χ3n) is 7.01. The molecule has 0 radical (unpaired) electrons. The molecule has 3 aromatic carbocycles. The van der Waals surface area contributed by atoms with Gasteiger partial charge < -0.3 is 10.2 Å². The minimum atomic E-state index is -3.82. The van der Waals surface area contributed by atoms with Crippen LogP contribution >= 0.6 is 31.9 Å². The second-order valence-electron chi connectivity index (χ2n) is 10.1. The number of amides is 2. The summed E-state index contributed by atoms with van der Waals surface area (Å²) in [7, 11) is -3.82. The normalized spacial score (nSPS) is 14.5. The molecular weight excluding hydrogens is 658 g/mol. The number of nitrogens with zero attached hydrogens (tertiary/aromatic N) is 2. The Morgan fingerprint density at radius 1 is 0.925 bits per heavy atom. The number of rotatable bonds is 11. The molecule has 1 fully saturated rings. The Balaban J connectivity index is 1.73. The van der Waals surface area contributed by atoms with Crippen LogP contribution in [0.4, 0.5) is 5.69 Å². The van der Waals surface area contributed by atoms with E-state index in [9.17, 15) is 18.0 Å². The maximum Gasteiger partial charge on any atom is 0.244 e. The van der Waals surface area contributed by atoms with Crippen LogP contribution in [0.5, 0.6) is 0 Å². The van der Waals surface area contributed by atoms with Crippen molar-refractivity contribution in [2.45, 2.75) is 50.7 Å². The molecule has 10 heteroatoms. The molecule has 0 saturated heterocycles. The van der Waals surface area contributed by atoms with Crippen molar-refractivity contribution in [1.82, 2.24) is 10.2 Å². The highest BCUT2D eigenvalue weighted by Crippen LogP contribution is 2.28. The number of nitrogens with one attached hydrogen (secondary N) is 1.